The van der Waals surface area contributed by atoms with Gasteiger partial charge in [0.05, 0.1) is 0 Å². The summed E-state index contributed by atoms with van der Waals surface area (Å²) in [7, 11) is 0. The van der Waals surface area contributed by atoms with Gasteiger partial charge in [0.1, 0.15) is 0 Å². The Bertz CT molecular complexity index is 727. The molecule has 8 nitrogen and oxygen atoms in total. The molecule has 29 heavy (non-hydrogen) atoms. The van der Waals surface area contributed by atoms with Crippen LogP contribution in [0.5, 0.6) is 0 Å². The largest absolute Gasteiger partial charge is 0.453 e. The van der Waals surface area contributed by atoms with Gasteiger partial charge in [0.2, 0.25) is 0 Å². The maximum absolute atomic E-state index is 12.1. The second kappa shape index (κ2) is 11.1. The number of nitrogens with zero attached hydrogens (tertiary/aromatic N) is 2. The summed E-state index contributed by atoms with van der Waals surface area (Å²) >= 11 is 1.47. The lowest BCUT2D eigenvalue weighted by Gasteiger charge is -2.23. The second-order valence-electron chi connectivity index (χ2n) is 7.29. The van der Waals surface area contributed by atoms with E-state index in [0.29, 0.717) is 11.6 Å². The summed E-state index contributed by atoms with van der Waals surface area (Å²) < 4.78 is 5.17. The molecule has 2 N–H and O–H groups in total. The fourth-order valence-corrected chi connectivity index (χ4v) is 3.84. The number of carbonyl (C=O) groups is 3. The molecule has 1 aromatic rings. The molecular formula is C20H30N4O4S. The van der Waals surface area contributed by atoms with E-state index in [0.717, 1.165) is 42.6 Å². The Labute approximate surface area is 176 Å². The molecule has 1 heterocycles. The third-order valence-corrected chi connectivity index (χ3v) is 5.56. The Kier molecular flexibility index (Phi) is 8.88. The number of hydrogen-bond acceptors (Lipinski definition) is 7. The maximum atomic E-state index is 12.1. The van der Waals surface area contributed by atoms with E-state index < -0.39 is 24.0 Å². The minimum atomic E-state index is -1.04. The number of aryl methyl sites for hydroxylation is 2. The highest BCUT2D eigenvalue weighted by atomic mass is 32.2. The summed E-state index contributed by atoms with van der Waals surface area (Å²) in [6.07, 6.45) is 6.59. The van der Waals surface area contributed by atoms with Gasteiger partial charge in [0.25, 0.3) is 5.91 Å². The number of hydrogen-bond donors (Lipinski definition) is 2. The van der Waals surface area contributed by atoms with Crippen LogP contribution in [-0.4, -0.2) is 46.3 Å². The molecule has 3 amide bonds. The van der Waals surface area contributed by atoms with Gasteiger partial charge < -0.3 is 10.1 Å². The van der Waals surface area contributed by atoms with Crippen molar-refractivity contribution >= 4 is 29.7 Å². The normalized spacial score (nSPS) is 15.4. The van der Waals surface area contributed by atoms with Crippen molar-refractivity contribution in [3.8, 4) is 0 Å². The average Bonchev–Trinajstić information content (AvgIpc) is 2.67. The van der Waals surface area contributed by atoms with E-state index in [9.17, 15) is 14.4 Å². The second-order valence-corrected chi connectivity index (χ2v) is 8.06. The van der Waals surface area contributed by atoms with Crippen LogP contribution in [0.3, 0.4) is 0 Å². The van der Waals surface area contributed by atoms with Gasteiger partial charge >= 0.3 is 12.0 Å². The smallest absolute Gasteiger partial charge is 0.321 e. The highest BCUT2D eigenvalue weighted by Gasteiger charge is 2.22. The van der Waals surface area contributed by atoms with Crippen molar-refractivity contribution in [1.82, 2.24) is 20.6 Å². The summed E-state index contributed by atoms with van der Waals surface area (Å²) in [5.41, 5.74) is 2.57. The molecule has 1 atom stereocenters. The van der Waals surface area contributed by atoms with Crippen molar-refractivity contribution in [1.29, 1.82) is 0 Å². The molecule has 0 bridgehead atoms. The molecule has 0 radical (unpaired) electrons. The van der Waals surface area contributed by atoms with E-state index in [1.807, 2.05) is 20.1 Å². The number of amides is 3. The number of ether oxygens (including phenoxy) is 1. The van der Waals surface area contributed by atoms with E-state index in [2.05, 4.69) is 20.6 Å². The number of nitrogens with one attached hydrogen (secondary N) is 2. The molecule has 1 aliphatic carbocycles. The van der Waals surface area contributed by atoms with E-state index in [1.54, 1.807) is 0 Å². The number of esters is 1. The highest BCUT2D eigenvalue weighted by molar-refractivity contribution is 7.98. The molecule has 9 heteroatoms. The van der Waals surface area contributed by atoms with Gasteiger partial charge in [-0.2, -0.15) is 0 Å². The van der Waals surface area contributed by atoms with Gasteiger partial charge in [-0.15, -0.1) is 0 Å². The fourth-order valence-electron chi connectivity index (χ4n) is 3.38. The molecule has 0 unspecified atom stereocenters. The van der Waals surface area contributed by atoms with Crippen molar-refractivity contribution in [2.75, 3.05) is 6.26 Å². The van der Waals surface area contributed by atoms with Crippen LogP contribution in [0, 0.1) is 13.8 Å². The Morgan fingerprint density at radius 3 is 2.34 bits per heavy atom. The lowest BCUT2D eigenvalue weighted by molar-refractivity contribution is -0.154. The van der Waals surface area contributed by atoms with Gasteiger partial charge in [-0.25, -0.2) is 14.8 Å². The Morgan fingerprint density at radius 2 is 1.76 bits per heavy atom. The van der Waals surface area contributed by atoms with Crippen molar-refractivity contribution in [3.05, 3.63) is 17.0 Å². The summed E-state index contributed by atoms with van der Waals surface area (Å²) in [6.45, 7) is 5.22. The lowest BCUT2D eigenvalue weighted by Crippen LogP contribution is -2.48. The molecule has 1 saturated carbocycles. The quantitative estimate of drug-likeness (QED) is 0.395. The minimum absolute atomic E-state index is 0.0978. The third kappa shape index (κ3) is 7.30. The number of urea groups is 1. The van der Waals surface area contributed by atoms with Gasteiger partial charge in [-0.3, -0.25) is 14.9 Å². The molecule has 1 fully saturated rings. The first kappa shape index (κ1) is 23.1. The predicted octanol–water partition coefficient (Wildman–Crippen LogP) is 2.84. The van der Waals surface area contributed by atoms with E-state index in [1.165, 1.54) is 25.1 Å². The zero-order valence-electron chi connectivity index (χ0n) is 17.5. The van der Waals surface area contributed by atoms with Gasteiger partial charge in [-0.05, 0) is 51.9 Å². The average molecular weight is 423 g/mol. The van der Waals surface area contributed by atoms with Crippen LogP contribution in [0.2, 0.25) is 0 Å². The molecule has 0 saturated heterocycles. The molecule has 0 aromatic carbocycles. The first-order valence-corrected chi connectivity index (χ1v) is 11.2. The van der Waals surface area contributed by atoms with Crippen LogP contribution < -0.4 is 10.6 Å². The third-order valence-electron chi connectivity index (χ3n) is 5.02. The minimum Gasteiger partial charge on any atom is -0.453 e. The zero-order valence-corrected chi connectivity index (χ0v) is 18.4. The van der Waals surface area contributed by atoms with E-state index in [4.69, 9.17) is 4.74 Å². The highest BCUT2D eigenvalue weighted by Crippen LogP contribution is 2.18. The fraction of sp³-hybridized carbons (Fsp3) is 0.650. The first-order valence-electron chi connectivity index (χ1n) is 9.99. The topological polar surface area (TPSA) is 110 Å². The number of aromatic nitrogens is 2. The molecule has 0 spiro atoms. The zero-order chi connectivity index (χ0) is 21.4. The van der Waals surface area contributed by atoms with Crippen LogP contribution in [0.1, 0.15) is 62.4 Å². The maximum Gasteiger partial charge on any atom is 0.321 e. The molecule has 1 aromatic heterocycles. The van der Waals surface area contributed by atoms with Crippen LogP contribution in [-0.2, 0) is 20.7 Å². The number of thioether (sulfide) groups is 1. The molecular weight excluding hydrogens is 392 g/mol. The van der Waals surface area contributed by atoms with Crippen LogP contribution in [0.15, 0.2) is 5.16 Å². The van der Waals surface area contributed by atoms with Crippen LogP contribution in [0.25, 0.3) is 0 Å². The summed E-state index contributed by atoms with van der Waals surface area (Å²) in [5.74, 6) is -1.14. The number of carbonyl (C=O) groups excluding carboxylic acids is 3. The summed E-state index contributed by atoms with van der Waals surface area (Å²) in [6, 6.07) is -0.442. The monoisotopic (exact) mass is 422 g/mol. The van der Waals surface area contributed by atoms with Gasteiger partial charge in [0.15, 0.2) is 11.3 Å². The number of imide groups is 1. The Hall–Kier alpha value is -2.16. The van der Waals surface area contributed by atoms with E-state index in [-0.39, 0.29) is 12.5 Å². The molecule has 0 aliphatic heterocycles. The van der Waals surface area contributed by atoms with Crippen LogP contribution in [0.4, 0.5) is 4.79 Å². The van der Waals surface area contributed by atoms with Crippen molar-refractivity contribution in [3.63, 3.8) is 0 Å². The summed E-state index contributed by atoms with van der Waals surface area (Å²) in [4.78, 5) is 45.0. The van der Waals surface area contributed by atoms with Gasteiger partial charge in [0, 0.05) is 23.9 Å². The predicted molar refractivity (Wildman–Crippen MR) is 111 cm³/mol. The first-order chi connectivity index (χ1) is 13.8. The molecule has 1 aliphatic rings. The van der Waals surface area contributed by atoms with Crippen molar-refractivity contribution in [2.45, 2.75) is 83.0 Å². The van der Waals surface area contributed by atoms with Crippen molar-refractivity contribution in [2.24, 2.45) is 0 Å². The van der Waals surface area contributed by atoms with E-state index >= 15 is 0 Å². The standard InChI is InChI=1S/C20H30N4O4S/c1-12-16(13(2)22-20(21-12)29-4)10-11-17(25)28-14(3)18(26)24-19(27)23-15-8-6-5-7-9-15/h14-15H,5-11H2,1-4H3,(H2,23,24,26,27)/t14-/m1/s1. The van der Waals surface area contributed by atoms with Gasteiger partial charge in [-0.1, -0.05) is 31.0 Å². The Balaban J connectivity index is 1.77. The SMILES string of the molecule is CSc1nc(C)c(CCC(=O)O[C@H](C)C(=O)NC(=O)NC2CCCCC2)c(C)n1. The molecule has 160 valence electrons. The summed E-state index contributed by atoms with van der Waals surface area (Å²) in [5, 5.41) is 5.75. The molecule has 2 rings (SSSR count). The lowest BCUT2D eigenvalue weighted by atomic mass is 9.96. The number of rotatable bonds is 7. The van der Waals surface area contributed by atoms with Crippen LogP contribution >= 0.6 is 11.8 Å². The Morgan fingerprint density at radius 1 is 1.14 bits per heavy atom. The van der Waals surface area contributed by atoms with Crippen molar-refractivity contribution < 1.29 is 19.1 Å².